The van der Waals surface area contributed by atoms with Crippen molar-refractivity contribution >= 4 is 27.5 Å². The third-order valence-electron chi connectivity index (χ3n) is 2.65. The van der Waals surface area contributed by atoms with Gasteiger partial charge in [-0.2, -0.15) is 0 Å². The first-order valence-electron chi connectivity index (χ1n) is 5.85. The first kappa shape index (κ1) is 13.7. The van der Waals surface area contributed by atoms with E-state index in [-0.39, 0.29) is 11.7 Å². The molecule has 0 fully saturated rings. The maximum atomic E-state index is 13.1. The van der Waals surface area contributed by atoms with Crippen molar-refractivity contribution < 1.29 is 9.18 Å². The lowest BCUT2D eigenvalue weighted by molar-refractivity contribution is -0.115. The number of rotatable bonds is 3. The maximum absolute atomic E-state index is 13.1. The van der Waals surface area contributed by atoms with Crippen LogP contribution in [0.2, 0.25) is 0 Å². The largest absolute Gasteiger partial charge is 0.326 e. The number of hydrogen-bond donors (Lipinski definition) is 1. The number of benzene rings is 2. The van der Waals surface area contributed by atoms with Crippen molar-refractivity contribution in [2.24, 2.45) is 0 Å². The Hall–Kier alpha value is -1.68. The Balaban J connectivity index is 2.03. The van der Waals surface area contributed by atoms with E-state index in [9.17, 15) is 9.18 Å². The van der Waals surface area contributed by atoms with Gasteiger partial charge in [0.25, 0.3) is 0 Å². The number of hydrogen-bond acceptors (Lipinski definition) is 1. The van der Waals surface area contributed by atoms with E-state index in [4.69, 9.17) is 0 Å². The molecule has 0 spiro atoms. The van der Waals surface area contributed by atoms with Gasteiger partial charge in [-0.05, 0) is 46.6 Å². The number of carbonyl (C=O) groups excluding carboxylic acids is 1. The molecule has 0 aromatic heterocycles. The minimum atomic E-state index is -0.350. The fourth-order valence-electron chi connectivity index (χ4n) is 1.79. The first-order chi connectivity index (χ1) is 9.04. The molecule has 0 aliphatic carbocycles. The Morgan fingerprint density at radius 2 is 2.05 bits per heavy atom. The Kier molecular flexibility index (Phi) is 4.32. The summed E-state index contributed by atoms with van der Waals surface area (Å²) in [7, 11) is 0. The molecule has 2 nitrogen and oxygen atoms in total. The highest BCUT2D eigenvalue weighted by Crippen LogP contribution is 2.20. The molecule has 0 aliphatic heterocycles. The summed E-state index contributed by atoms with van der Waals surface area (Å²) in [5, 5.41) is 2.74. The highest BCUT2D eigenvalue weighted by molar-refractivity contribution is 9.10. The highest BCUT2D eigenvalue weighted by atomic mass is 79.9. The molecule has 2 aromatic carbocycles. The van der Waals surface area contributed by atoms with Crippen LogP contribution in [-0.4, -0.2) is 5.91 Å². The smallest absolute Gasteiger partial charge is 0.228 e. The van der Waals surface area contributed by atoms with Gasteiger partial charge in [0.15, 0.2) is 0 Å². The van der Waals surface area contributed by atoms with Crippen LogP contribution in [0.15, 0.2) is 46.9 Å². The van der Waals surface area contributed by atoms with Crippen molar-refractivity contribution in [2.75, 3.05) is 5.32 Å². The van der Waals surface area contributed by atoms with E-state index in [1.165, 1.54) is 12.1 Å². The van der Waals surface area contributed by atoms with Crippen LogP contribution in [0.1, 0.15) is 11.1 Å². The molecule has 0 bridgehead atoms. The van der Waals surface area contributed by atoms with Gasteiger partial charge in [0.1, 0.15) is 5.82 Å². The van der Waals surface area contributed by atoms with Gasteiger partial charge in [0, 0.05) is 5.69 Å². The van der Waals surface area contributed by atoms with E-state index >= 15 is 0 Å². The monoisotopic (exact) mass is 321 g/mol. The van der Waals surface area contributed by atoms with Crippen LogP contribution in [0.3, 0.4) is 0 Å². The Bertz CT molecular complexity index is 613. The van der Waals surface area contributed by atoms with Crippen LogP contribution in [0.4, 0.5) is 10.1 Å². The topological polar surface area (TPSA) is 29.1 Å². The van der Waals surface area contributed by atoms with Gasteiger partial charge in [-0.3, -0.25) is 4.79 Å². The predicted octanol–water partition coefficient (Wildman–Crippen LogP) is 4.08. The molecule has 98 valence electrons. The normalized spacial score (nSPS) is 10.3. The zero-order valence-corrected chi connectivity index (χ0v) is 12.0. The molecule has 0 unspecified atom stereocenters. The molecule has 0 heterocycles. The second-order valence-corrected chi connectivity index (χ2v) is 5.20. The zero-order valence-electron chi connectivity index (χ0n) is 10.4. The molecule has 2 rings (SSSR count). The van der Waals surface area contributed by atoms with Crippen LogP contribution in [0, 0.1) is 12.7 Å². The zero-order chi connectivity index (χ0) is 13.8. The minimum Gasteiger partial charge on any atom is -0.326 e. The Morgan fingerprint density at radius 1 is 1.26 bits per heavy atom. The van der Waals surface area contributed by atoms with Crippen molar-refractivity contribution in [3.05, 3.63) is 63.9 Å². The standard InChI is InChI=1S/C15H13BrFNO/c1-10-3-2-4-11(7-10)8-15(19)18-12-5-6-14(17)13(16)9-12/h2-7,9H,8H2,1H3,(H,18,19). The number of aryl methyl sites for hydroxylation is 1. The van der Waals surface area contributed by atoms with Gasteiger partial charge >= 0.3 is 0 Å². The molecule has 4 heteroatoms. The molecule has 1 amide bonds. The number of anilines is 1. The maximum Gasteiger partial charge on any atom is 0.228 e. The van der Waals surface area contributed by atoms with Gasteiger partial charge in [0.05, 0.1) is 10.9 Å². The summed E-state index contributed by atoms with van der Waals surface area (Å²) in [5.41, 5.74) is 2.65. The third kappa shape index (κ3) is 3.89. The first-order valence-corrected chi connectivity index (χ1v) is 6.64. The summed E-state index contributed by atoms with van der Waals surface area (Å²) in [6.07, 6.45) is 0.302. The summed E-state index contributed by atoms with van der Waals surface area (Å²) in [6, 6.07) is 12.2. The molecule has 19 heavy (non-hydrogen) atoms. The van der Waals surface area contributed by atoms with Gasteiger partial charge < -0.3 is 5.32 Å². The van der Waals surface area contributed by atoms with Crippen molar-refractivity contribution in [3.63, 3.8) is 0 Å². The molecule has 0 saturated carbocycles. The molecule has 1 N–H and O–H groups in total. The number of halogens is 2. The van der Waals surface area contributed by atoms with E-state index in [1.807, 2.05) is 31.2 Å². The molecule has 0 radical (unpaired) electrons. The van der Waals surface area contributed by atoms with Gasteiger partial charge in [-0.1, -0.05) is 29.8 Å². The summed E-state index contributed by atoms with van der Waals surface area (Å²) in [4.78, 5) is 11.9. The van der Waals surface area contributed by atoms with Crippen LogP contribution in [0.5, 0.6) is 0 Å². The summed E-state index contributed by atoms with van der Waals surface area (Å²) < 4.78 is 13.4. The summed E-state index contributed by atoms with van der Waals surface area (Å²) in [5.74, 6) is -0.471. The molecular weight excluding hydrogens is 309 g/mol. The average molecular weight is 322 g/mol. The second kappa shape index (κ2) is 5.97. The lowest BCUT2D eigenvalue weighted by Crippen LogP contribution is -2.14. The predicted molar refractivity (Wildman–Crippen MR) is 77.6 cm³/mol. The number of carbonyl (C=O) groups is 1. The average Bonchev–Trinajstić information content (AvgIpc) is 2.34. The Morgan fingerprint density at radius 3 is 2.74 bits per heavy atom. The summed E-state index contributed by atoms with van der Waals surface area (Å²) in [6.45, 7) is 1.98. The summed E-state index contributed by atoms with van der Waals surface area (Å²) >= 11 is 3.09. The Labute approximate surface area is 119 Å². The lowest BCUT2D eigenvalue weighted by Gasteiger charge is -2.06. The SMILES string of the molecule is Cc1cccc(CC(=O)Nc2ccc(F)c(Br)c2)c1. The van der Waals surface area contributed by atoms with E-state index in [0.717, 1.165) is 11.1 Å². The van der Waals surface area contributed by atoms with Crippen LogP contribution >= 0.6 is 15.9 Å². The lowest BCUT2D eigenvalue weighted by atomic mass is 10.1. The molecule has 2 aromatic rings. The van der Waals surface area contributed by atoms with Crippen molar-refractivity contribution in [1.82, 2.24) is 0 Å². The second-order valence-electron chi connectivity index (χ2n) is 4.34. The van der Waals surface area contributed by atoms with Crippen molar-refractivity contribution in [3.8, 4) is 0 Å². The van der Waals surface area contributed by atoms with Crippen LogP contribution in [0.25, 0.3) is 0 Å². The molecular formula is C15H13BrFNO. The van der Waals surface area contributed by atoms with Crippen LogP contribution < -0.4 is 5.32 Å². The van der Waals surface area contributed by atoms with Crippen molar-refractivity contribution in [1.29, 1.82) is 0 Å². The van der Waals surface area contributed by atoms with Gasteiger partial charge in [0.2, 0.25) is 5.91 Å². The van der Waals surface area contributed by atoms with Gasteiger partial charge in [-0.15, -0.1) is 0 Å². The van der Waals surface area contributed by atoms with Crippen molar-refractivity contribution in [2.45, 2.75) is 13.3 Å². The minimum absolute atomic E-state index is 0.121. The number of nitrogens with one attached hydrogen (secondary N) is 1. The van der Waals surface area contributed by atoms with Crippen LogP contribution in [-0.2, 0) is 11.2 Å². The molecule has 0 aliphatic rings. The van der Waals surface area contributed by atoms with E-state index in [1.54, 1.807) is 6.07 Å². The van der Waals surface area contributed by atoms with E-state index in [0.29, 0.717) is 16.6 Å². The van der Waals surface area contributed by atoms with Gasteiger partial charge in [-0.25, -0.2) is 4.39 Å². The quantitative estimate of drug-likeness (QED) is 0.906. The fourth-order valence-corrected chi connectivity index (χ4v) is 2.17. The third-order valence-corrected chi connectivity index (χ3v) is 3.26. The molecule has 0 saturated heterocycles. The highest BCUT2D eigenvalue weighted by Gasteiger charge is 2.06. The molecule has 0 atom stereocenters. The van der Waals surface area contributed by atoms with E-state index in [2.05, 4.69) is 21.2 Å². The fraction of sp³-hybridized carbons (Fsp3) is 0.133. The number of amides is 1. The van der Waals surface area contributed by atoms with E-state index < -0.39 is 0 Å².